The van der Waals surface area contributed by atoms with Crippen LogP contribution in [0, 0.1) is 0 Å². The number of fused-ring (bicyclic) bond motifs is 1. The second-order valence-corrected chi connectivity index (χ2v) is 6.40. The van der Waals surface area contributed by atoms with Crippen molar-refractivity contribution in [1.82, 2.24) is 25.3 Å². The quantitative estimate of drug-likeness (QED) is 0.745. The fraction of sp³-hybridized carbons (Fsp3) is 0.250. The molecule has 0 aliphatic carbocycles. The molecular formula is C20H22N6O3. The summed E-state index contributed by atoms with van der Waals surface area (Å²) in [5, 5.41) is 10.5. The van der Waals surface area contributed by atoms with Crippen molar-refractivity contribution >= 4 is 17.6 Å². The Kier molecular flexibility index (Phi) is 6.18. The van der Waals surface area contributed by atoms with Gasteiger partial charge in [-0.05, 0) is 24.6 Å². The lowest BCUT2D eigenvalue weighted by Crippen LogP contribution is -2.49. The zero-order chi connectivity index (χ0) is 20.8. The highest BCUT2D eigenvalue weighted by atomic mass is 16.5. The van der Waals surface area contributed by atoms with Crippen molar-refractivity contribution in [3.05, 3.63) is 66.7 Å². The summed E-state index contributed by atoms with van der Waals surface area (Å²) < 4.78 is 7.15. The van der Waals surface area contributed by atoms with Crippen LogP contribution in [0.2, 0.25) is 0 Å². The van der Waals surface area contributed by atoms with Gasteiger partial charge in [-0.3, -0.25) is 14.5 Å². The number of nitrogens with zero attached hydrogens (tertiary/aromatic N) is 5. The van der Waals surface area contributed by atoms with Gasteiger partial charge in [0.05, 0.1) is 12.7 Å². The van der Waals surface area contributed by atoms with Gasteiger partial charge in [0, 0.05) is 13.2 Å². The van der Waals surface area contributed by atoms with Crippen LogP contribution in [-0.4, -0.2) is 51.5 Å². The van der Waals surface area contributed by atoms with Gasteiger partial charge < -0.3 is 10.1 Å². The van der Waals surface area contributed by atoms with Crippen molar-refractivity contribution in [3.8, 4) is 5.75 Å². The molecule has 150 valence electrons. The third-order valence-electron chi connectivity index (χ3n) is 4.18. The average molecular weight is 394 g/mol. The normalized spacial score (nSPS) is 16.6. The lowest BCUT2D eigenvalue weighted by atomic mass is 10.2. The third kappa shape index (κ3) is 4.75. The predicted octanol–water partition coefficient (Wildman–Crippen LogP) is 1.52. The summed E-state index contributed by atoms with van der Waals surface area (Å²) in [5.41, 5.74) is 0.907. The van der Waals surface area contributed by atoms with Crippen molar-refractivity contribution in [2.24, 2.45) is 0 Å². The number of rotatable bonds is 6. The number of aromatic nitrogens is 4. The number of likely N-dealkylation sites (N-methyl/N-ethyl adjacent to an activating group) is 1. The van der Waals surface area contributed by atoms with Gasteiger partial charge in [-0.25, -0.2) is 9.67 Å². The number of anilines is 1. The Hall–Kier alpha value is -3.75. The minimum atomic E-state index is -0.870. The van der Waals surface area contributed by atoms with Crippen molar-refractivity contribution in [1.29, 1.82) is 0 Å². The van der Waals surface area contributed by atoms with Crippen LogP contribution in [0.5, 0.6) is 5.75 Å². The Morgan fingerprint density at radius 1 is 1.45 bits per heavy atom. The topological polar surface area (TPSA) is 102 Å². The maximum atomic E-state index is 12.7. The van der Waals surface area contributed by atoms with Gasteiger partial charge in [0.15, 0.2) is 17.3 Å². The van der Waals surface area contributed by atoms with Gasteiger partial charge in [-0.1, -0.05) is 36.1 Å². The molecule has 29 heavy (non-hydrogen) atoms. The fourth-order valence-corrected chi connectivity index (χ4v) is 2.71. The number of hydrogen-bond acceptors (Lipinski definition) is 6. The first-order valence-electron chi connectivity index (χ1n) is 9.03. The van der Waals surface area contributed by atoms with Crippen molar-refractivity contribution in [2.75, 3.05) is 18.6 Å². The highest BCUT2D eigenvalue weighted by molar-refractivity contribution is 6.02. The number of carbonyl (C=O) groups excluding carboxylic acids is 2. The molecule has 3 rings (SSSR count). The largest absolute Gasteiger partial charge is 0.487 e. The summed E-state index contributed by atoms with van der Waals surface area (Å²) >= 11 is 0. The summed E-state index contributed by atoms with van der Waals surface area (Å²) in [6.07, 6.45) is 10.6. The summed E-state index contributed by atoms with van der Waals surface area (Å²) in [4.78, 5) is 30.8. The molecule has 1 atom stereocenters. The predicted molar refractivity (Wildman–Crippen MR) is 108 cm³/mol. The Morgan fingerprint density at radius 3 is 3.07 bits per heavy atom. The van der Waals surface area contributed by atoms with Gasteiger partial charge in [0.25, 0.3) is 11.8 Å². The molecule has 2 aromatic heterocycles. The maximum Gasteiger partial charge on any atom is 0.274 e. The number of hydrogen-bond donors (Lipinski definition) is 1. The molecule has 0 saturated heterocycles. The van der Waals surface area contributed by atoms with Crippen LogP contribution in [0.4, 0.5) is 5.82 Å². The van der Waals surface area contributed by atoms with Crippen LogP contribution in [0.15, 0.2) is 61.0 Å². The summed E-state index contributed by atoms with van der Waals surface area (Å²) in [7, 11) is 1.59. The monoisotopic (exact) mass is 394 g/mol. The Morgan fingerprint density at radius 2 is 2.28 bits per heavy atom. The summed E-state index contributed by atoms with van der Waals surface area (Å²) in [5.74, 6) is 0.0477. The van der Waals surface area contributed by atoms with Crippen LogP contribution in [0.25, 0.3) is 0 Å². The minimum Gasteiger partial charge on any atom is -0.487 e. The molecule has 2 aromatic rings. The first-order chi connectivity index (χ1) is 14.0. The molecule has 1 aliphatic rings. The number of nitrogens with one attached hydrogen (secondary N) is 1. The summed E-state index contributed by atoms with van der Waals surface area (Å²) in [6, 6.07) is 2.57. The first-order valence-corrected chi connectivity index (χ1v) is 9.03. The number of allylic oxidation sites excluding steroid dienone is 5. The summed E-state index contributed by atoms with van der Waals surface area (Å²) in [6.45, 7) is 6.25. The van der Waals surface area contributed by atoms with Gasteiger partial charge in [-0.2, -0.15) is 0 Å². The molecular weight excluding hydrogens is 372 g/mol. The van der Waals surface area contributed by atoms with Crippen LogP contribution in [-0.2, 0) is 11.3 Å². The van der Waals surface area contributed by atoms with E-state index in [9.17, 15) is 9.59 Å². The van der Waals surface area contributed by atoms with Gasteiger partial charge >= 0.3 is 0 Å². The van der Waals surface area contributed by atoms with Gasteiger partial charge in [-0.15, -0.1) is 5.10 Å². The van der Waals surface area contributed by atoms with Gasteiger partial charge in [0.1, 0.15) is 12.6 Å². The lowest BCUT2D eigenvalue weighted by molar-refractivity contribution is -0.120. The van der Waals surface area contributed by atoms with E-state index in [0.717, 1.165) is 5.57 Å². The molecule has 1 aliphatic heterocycles. The second-order valence-electron chi connectivity index (χ2n) is 6.40. The Labute approximate surface area is 168 Å². The number of pyridine rings is 1. The minimum absolute atomic E-state index is 0.00566. The van der Waals surface area contributed by atoms with E-state index >= 15 is 0 Å². The Balaban J connectivity index is 1.64. The van der Waals surface area contributed by atoms with Crippen molar-refractivity contribution in [2.45, 2.75) is 19.5 Å². The molecule has 0 bridgehead atoms. The zero-order valence-corrected chi connectivity index (χ0v) is 16.3. The van der Waals surface area contributed by atoms with Crippen LogP contribution < -0.4 is 15.0 Å². The molecule has 0 unspecified atom stereocenters. The number of amides is 2. The first kappa shape index (κ1) is 20.0. The van der Waals surface area contributed by atoms with Crippen LogP contribution in [0.3, 0.4) is 0 Å². The van der Waals surface area contributed by atoms with E-state index < -0.39 is 11.9 Å². The molecule has 3 heterocycles. The van der Waals surface area contributed by atoms with Crippen molar-refractivity contribution in [3.63, 3.8) is 0 Å². The van der Waals surface area contributed by atoms with E-state index in [1.54, 1.807) is 25.4 Å². The molecule has 9 nitrogen and oxygen atoms in total. The molecule has 0 saturated carbocycles. The van der Waals surface area contributed by atoms with Crippen LogP contribution >= 0.6 is 0 Å². The van der Waals surface area contributed by atoms with E-state index in [2.05, 4.69) is 27.2 Å². The van der Waals surface area contributed by atoms with E-state index in [0.29, 0.717) is 18.1 Å². The average Bonchev–Trinajstić information content (AvgIpc) is 3.14. The molecule has 2 amide bonds. The molecule has 1 N–H and O–H groups in total. The van der Waals surface area contributed by atoms with Crippen molar-refractivity contribution < 1.29 is 14.3 Å². The fourth-order valence-electron chi connectivity index (χ4n) is 2.71. The standard InChI is InChI=1S/C20H22N6O3/c1-4-5-6-8-14(2)11-26-12-15(23-24-26)19(27)22-16-13-29-17-9-7-10-21-18(17)25(3)20(16)28/h4-10,12,16H,2,11,13H2,1,3H3,(H,22,27)/b5-4-,8-6-/t16-/m0/s1. The molecule has 0 radical (unpaired) electrons. The smallest absolute Gasteiger partial charge is 0.274 e. The molecule has 0 aromatic carbocycles. The maximum absolute atomic E-state index is 12.7. The molecule has 0 fully saturated rings. The third-order valence-corrected chi connectivity index (χ3v) is 4.18. The second kappa shape index (κ2) is 8.96. The molecule has 0 spiro atoms. The number of carbonyl (C=O) groups is 2. The van der Waals surface area contributed by atoms with E-state index in [-0.39, 0.29) is 18.2 Å². The van der Waals surface area contributed by atoms with E-state index in [1.807, 2.05) is 31.2 Å². The van der Waals surface area contributed by atoms with E-state index in [1.165, 1.54) is 15.8 Å². The zero-order valence-electron chi connectivity index (χ0n) is 16.3. The lowest BCUT2D eigenvalue weighted by Gasteiger charge is -2.19. The van der Waals surface area contributed by atoms with E-state index in [4.69, 9.17) is 4.74 Å². The molecule has 9 heteroatoms. The SMILES string of the molecule is C=C(/C=C\C=C/C)Cn1cc(C(=O)N[C@H]2COc3cccnc3N(C)C2=O)nn1. The van der Waals surface area contributed by atoms with Crippen LogP contribution in [0.1, 0.15) is 17.4 Å². The Bertz CT molecular complexity index is 978. The van der Waals surface area contributed by atoms with Gasteiger partial charge in [0.2, 0.25) is 0 Å². The highest BCUT2D eigenvalue weighted by Gasteiger charge is 2.31. The highest BCUT2D eigenvalue weighted by Crippen LogP contribution is 2.27. The number of ether oxygens (including phenoxy) is 1.